The van der Waals surface area contributed by atoms with Gasteiger partial charge in [0.05, 0.1) is 0 Å². The predicted molar refractivity (Wildman–Crippen MR) is 61.0 cm³/mol. The summed E-state index contributed by atoms with van der Waals surface area (Å²) in [5, 5.41) is 3.41. The Labute approximate surface area is 95.0 Å². The molecule has 1 aromatic heterocycles. The maximum absolute atomic E-state index is 11.0. The second-order valence-corrected chi connectivity index (χ2v) is 4.31. The molecular formula is C11H18N4O. The molecular weight excluding hydrogens is 204 g/mol. The van der Waals surface area contributed by atoms with Crippen LogP contribution in [0.5, 0.6) is 0 Å². The molecule has 1 fully saturated rings. The lowest BCUT2D eigenvalue weighted by atomic mass is 10.3. The van der Waals surface area contributed by atoms with Crippen molar-refractivity contribution in [1.29, 1.82) is 0 Å². The Bertz CT molecular complexity index is 357. The molecule has 1 aliphatic carbocycles. The third-order valence-electron chi connectivity index (χ3n) is 2.82. The minimum atomic E-state index is -0.462. The molecule has 2 rings (SSSR count). The van der Waals surface area contributed by atoms with Crippen molar-refractivity contribution in [3.8, 4) is 0 Å². The number of hydrogen-bond acceptors (Lipinski definition) is 3. The third kappa shape index (κ3) is 3.06. The van der Waals surface area contributed by atoms with E-state index < -0.39 is 5.91 Å². The topological polar surface area (TPSA) is 72.9 Å². The molecule has 0 aliphatic heterocycles. The minimum Gasteiger partial charge on any atom is -0.363 e. The molecule has 88 valence electrons. The SMILES string of the molecule is NC(=O)c1nccn1CCCNCC1CC1. The van der Waals surface area contributed by atoms with Crippen molar-refractivity contribution in [2.75, 3.05) is 13.1 Å². The van der Waals surface area contributed by atoms with Gasteiger partial charge in [-0.05, 0) is 38.3 Å². The molecule has 1 amide bonds. The number of rotatable bonds is 7. The van der Waals surface area contributed by atoms with E-state index in [4.69, 9.17) is 5.73 Å². The summed E-state index contributed by atoms with van der Waals surface area (Å²) in [5.41, 5.74) is 5.20. The molecule has 16 heavy (non-hydrogen) atoms. The molecule has 0 radical (unpaired) electrons. The van der Waals surface area contributed by atoms with E-state index in [9.17, 15) is 4.79 Å². The van der Waals surface area contributed by atoms with Gasteiger partial charge in [0.25, 0.3) is 5.91 Å². The first-order valence-electron chi connectivity index (χ1n) is 5.79. The zero-order chi connectivity index (χ0) is 11.4. The van der Waals surface area contributed by atoms with Gasteiger partial charge in [-0.25, -0.2) is 4.98 Å². The van der Waals surface area contributed by atoms with Gasteiger partial charge in [0.2, 0.25) is 0 Å². The van der Waals surface area contributed by atoms with Crippen LogP contribution < -0.4 is 11.1 Å². The van der Waals surface area contributed by atoms with Crippen molar-refractivity contribution >= 4 is 5.91 Å². The molecule has 0 bridgehead atoms. The molecule has 0 atom stereocenters. The average Bonchev–Trinajstić information content (AvgIpc) is 2.94. The van der Waals surface area contributed by atoms with E-state index in [1.165, 1.54) is 12.8 Å². The number of imidazole rings is 1. The van der Waals surface area contributed by atoms with Gasteiger partial charge in [-0.15, -0.1) is 0 Å². The second-order valence-electron chi connectivity index (χ2n) is 4.31. The first kappa shape index (κ1) is 11.1. The Morgan fingerprint density at radius 1 is 1.62 bits per heavy atom. The lowest BCUT2D eigenvalue weighted by Gasteiger charge is -2.06. The first-order chi connectivity index (χ1) is 7.77. The van der Waals surface area contributed by atoms with Crippen molar-refractivity contribution in [1.82, 2.24) is 14.9 Å². The van der Waals surface area contributed by atoms with Crippen molar-refractivity contribution in [3.05, 3.63) is 18.2 Å². The predicted octanol–water partition coefficient (Wildman–Crippen LogP) is 0.372. The molecule has 3 N–H and O–H groups in total. The summed E-state index contributed by atoms with van der Waals surface area (Å²) in [7, 11) is 0. The third-order valence-corrected chi connectivity index (χ3v) is 2.82. The summed E-state index contributed by atoms with van der Waals surface area (Å²) >= 11 is 0. The van der Waals surface area contributed by atoms with Crippen LogP contribution in [0, 0.1) is 5.92 Å². The fraction of sp³-hybridized carbons (Fsp3) is 0.636. The van der Waals surface area contributed by atoms with Gasteiger partial charge < -0.3 is 15.6 Å². The van der Waals surface area contributed by atoms with Crippen molar-refractivity contribution in [3.63, 3.8) is 0 Å². The second kappa shape index (κ2) is 5.12. The number of aryl methyl sites for hydroxylation is 1. The molecule has 0 unspecified atom stereocenters. The molecule has 1 aliphatic rings. The number of amides is 1. The number of aromatic nitrogens is 2. The van der Waals surface area contributed by atoms with E-state index in [-0.39, 0.29) is 0 Å². The zero-order valence-electron chi connectivity index (χ0n) is 9.35. The molecule has 5 nitrogen and oxygen atoms in total. The van der Waals surface area contributed by atoms with Crippen LogP contribution in [0.25, 0.3) is 0 Å². The van der Waals surface area contributed by atoms with Gasteiger partial charge in [0.15, 0.2) is 5.82 Å². The van der Waals surface area contributed by atoms with Crippen LogP contribution in [0.4, 0.5) is 0 Å². The van der Waals surface area contributed by atoms with E-state index in [0.29, 0.717) is 5.82 Å². The van der Waals surface area contributed by atoms with E-state index in [1.807, 2.05) is 0 Å². The van der Waals surface area contributed by atoms with Crippen LogP contribution >= 0.6 is 0 Å². The summed E-state index contributed by atoms with van der Waals surface area (Å²) in [4.78, 5) is 14.9. The fourth-order valence-electron chi connectivity index (χ4n) is 1.72. The minimum absolute atomic E-state index is 0.349. The van der Waals surface area contributed by atoms with Crippen LogP contribution in [-0.2, 0) is 6.54 Å². The number of nitrogens with two attached hydrogens (primary N) is 1. The molecule has 5 heteroatoms. The summed E-state index contributed by atoms with van der Waals surface area (Å²) in [5.74, 6) is 0.799. The quantitative estimate of drug-likeness (QED) is 0.655. The number of carbonyl (C=O) groups is 1. The maximum atomic E-state index is 11.0. The Morgan fingerprint density at radius 3 is 3.12 bits per heavy atom. The Balaban J connectivity index is 1.67. The highest BCUT2D eigenvalue weighted by atomic mass is 16.1. The number of carbonyl (C=O) groups excluding carboxylic acids is 1. The van der Waals surface area contributed by atoms with Crippen LogP contribution in [0.2, 0.25) is 0 Å². The van der Waals surface area contributed by atoms with E-state index >= 15 is 0 Å². The van der Waals surface area contributed by atoms with E-state index in [0.717, 1.165) is 32.0 Å². The molecule has 1 heterocycles. The summed E-state index contributed by atoms with van der Waals surface area (Å²) < 4.78 is 1.81. The highest BCUT2D eigenvalue weighted by Crippen LogP contribution is 2.27. The first-order valence-corrected chi connectivity index (χ1v) is 5.79. The zero-order valence-corrected chi connectivity index (χ0v) is 9.35. The van der Waals surface area contributed by atoms with Gasteiger partial charge in [-0.2, -0.15) is 0 Å². The summed E-state index contributed by atoms with van der Waals surface area (Å²) in [6, 6.07) is 0. The maximum Gasteiger partial charge on any atom is 0.284 e. The fourth-order valence-corrected chi connectivity index (χ4v) is 1.72. The van der Waals surface area contributed by atoms with Crippen molar-refractivity contribution in [2.45, 2.75) is 25.8 Å². The van der Waals surface area contributed by atoms with E-state index in [1.54, 1.807) is 17.0 Å². The molecule has 0 aromatic carbocycles. The van der Waals surface area contributed by atoms with Gasteiger partial charge in [-0.3, -0.25) is 4.79 Å². The highest BCUT2D eigenvalue weighted by molar-refractivity contribution is 5.89. The van der Waals surface area contributed by atoms with Crippen molar-refractivity contribution in [2.24, 2.45) is 11.7 Å². The molecule has 1 aromatic rings. The lowest BCUT2D eigenvalue weighted by molar-refractivity contribution is 0.0986. The number of nitrogens with zero attached hydrogens (tertiary/aromatic N) is 2. The Morgan fingerprint density at radius 2 is 2.44 bits per heavy atom. The average molecular weight is 222 g/mol. The normalized spacial score (nSPS) is 15.2. The molecule has 1 saturated carbocycles. The number of primary amides is 1. The largest absolute Gasteiger partial charge is 0.363 e. The van der Waals surface area contributed by atoms with Crippen LogP contribution in [0.1, 0.15) is 29.9 Å². The lowest BCUT2D eigenvalue weighted by Crippen LogP contribution is -2.21. The molecule has 0 saturated heterocycles. The Hall–Kier alpha value is -1.36. The summed E-state index contributed by atoms with van der Waals surface area (Å²) in [6.07, 6.45) is 7.14. The number of nitrogens with one attached hydrogen (secondary N) is 1. The number of hydrogen-bond donors (Lipinski definition) is 2. The Kier molecular flexibility index (Phi) is 3.56. The van der Waals surface area contributed by atoms with Crippen LogP contribution in [-0.4, -0.2) is 28.5 Å². The molecule has 0 spiro atoms. The van der Waals surface area contributed by atoms with Gasteiger partial charge in [0.1, 0.15) is 0 Å². The van der Waals surface area contributed by atoms with Gasteiger partial charge in [-0.1, -0.05) is 0 Å². The standard InChI is InChI=1S/C11H18N4O/c12-10(16)11-14-5-7-15(11)6-1-4-13-8-9-2-3-9/h5,7,9,13H,1-4,6,8H2,(H2,12,16). The monoisotopic (exact) mass is 222 g/mol. The van der Waals surface area contributed by atoms with E-state index in [2.05, 4.69) is 10.3 Å². The van der Waals surface area contributed by atoms with Gasteiger partial charge in [0, 0.05) is 18.9 Å². The van der Waals surface area contributed by atoms with Crippen molar-refractivity contribution < 1.29 is 4.79 Å². The smallest absolute Gasteiger partial charge is 0.284 e. The van der Waals surface area contributed by atoms with Crippen LogP contribution in [0.15, 0.2) is 12.4 Å². The summed E-state index contributed by atoms with van der Waals surface area (Å²) in [6.45, 7) is 2.90. The van der Waals surface area contributed by atoms with Gasteiger partial charge >= 0.3 is 0 Å². The van der Waals surface area contributed by atoms with Crippen LogP contribution in [0.3, 0.4) is 0 Å². The highest BCUT2D eigenvalue weighted by Gasteiger charge is 2.19.